The zero-order valence-electron chi connectivity index (χ0n) is 10.8. The second kappa shape index (κ2) is 5.95. The molecule has 2 aromatic rings. The molecule has 0 aliphatic heterocycles. The highest BCUT2D eigenvalue weighted by atomic mass is 16.5. The lowest BCUT2D eigenvalue weighted by Gasteiger charge is -2.08. The molecule has 0 saturated carbocycles. The molecule has 5 nitrogen and oxygen atoms in total. The summed E-state index contributed by atoms with van der Waals surface area (Å²) in [4.78, 5) is 19.5. The predicted molar refractivity (Wildman–Crippen MR) is 69.2 cm³/mol. The number of rotatable bonds is 4. The van der Waals surface area contributed by atoms with E-state index in [1.807, 2.05) is 13.0 Å². The number of carbonyl (C=O) groups is 1. The Labute approximate surface area is 111 Å². The van der Waals surface area contributed by atoms with Crippen molar-refractivity contribution in [3.8, 4) is 11.6 Å². The zero-order valence-corrected chi connectivity index (χ0v) is 10.8. The fourth-order valence-electron chi connectivity index (χ4n) is 1.60. The normalized spacial score (nSPS) is 10.0. The lowest BCUT2D eigenvalue weighted by Crippen LogP contribution is -2.05. The van der Waals surface area contributed by atoms with Crippen molar-refractivity contribution in [2.45, 2.75) is 13.8 Å². The minimum absolute atomic E-state index is 0.342. The second-order valence-corrected chi connectivity index (χ2v) is 3.90. The van der Waals surface area contributed by atoms with E-state index in [9.17, 15) is 4.79 Å². The van der Waals surface area contributed by atoms with Gasteiger partial charge in [-0.25, -0.2) is 14.8 Å². The molecule has 0 aliphatic carbocycles. The van der Waals surface area contributed by atoms with E-state index < -0.39 is 0 Å². The number of nitrogens with zero attached hydrogens (tertiary/aromatic N) is 2. The standard InChI is InChI=1S/C14H14N2O3/c1-3-18-14(17)11-6-10(2)7-12(8-11)19-13-4-5-15-9-16-13/h4-9H,3H2,1-2H3. The first-order valence-electron chi connectivity index (χ1n) is 5.91. The molecule has 1 aromatic heterocycles. The van der Waals surface area contributed by atoms with Crippen LogP contribution in [0.4, 0.5) is 0 Å². The molecule has 0 aliphatic rings. The molecule has 0 fully saturated rings. The highest BCUT2D eigenvalue weighted by Gasteiger charge is 2.09. The SMILES string of the molecule is CCOC(=O)c1cc(C)cc(Oc2ccncn2)c1. The highest BCUT2D eigenvalue weighted by molar-refractivity contribution is 5.90. The number of aromatic nitrogens is 2. The van der Waals surface area contributed by atoms with Crippen LogP contribution in [0.5, 0.6) is 11.6 Å². The van der Waals surface area contributed by atoms with Gasteiger partial charge in [-0.15, -0.1) is 0 Å². The molecular weight excluding hydrogens is 244 g/mol. The molecule has 19 heavy (non-hydrogen) atoms. The van der Waals surface area contributed by atoms with Gasteiger partial charge in [0.05, 0.1) is 12.2 Å². The van der Waals surface area contributed by atoms with E-state index >= 15 is 0 Å². The molecule has 0 radical (unpaired) electrons. The van der Waals surface area contributed by atoms with Crippen LogP contribution in [0.25, 0.3) is 0 Å². The van der Waals surface area contributed by atoms with Crippen LogP contribution in [0.15, 0.2) is 36.8 Å². The van der Waals surface area contributed by atoms with Crippen LogP contribution >= 0.6 is 0 Å². The number of hydrogen-bond acceptors (Lipinski definition) is 5. The van der Waals surface area contributed by atoms with Crippen LogP contribution in [-0.4, -0.2) is 22.5 Å². The number of esters is 1. The molecule has 1 heterocycles. The summed E-state index contributed by atoms with van der Waals surface area (Å²) in [7, 11) is 0. The molecule has 0 amide bonds. The Bertz CT molecular complexity index is 570. The predicted octanol–water partition coefficient (Wildman–Crippen LogP) is 2.75. The van der Waals surface area contributed by atoms with E-state index in [0.717, 1.165) is 5.56 Å². The summed E-state index contributed by atoms with van der Waals surface area (Å²) >= 11 is 0. The van der Waals surface area contributed by atoms with Gasteiger partial charge in [0.1, 0.15) is 12.1 Å². The summed E-state index contributed by atoms with van der Waals surface area (Å²) < 4.78 is 10.5. The van der Waals surface area contributed by atoms with Gasteiger partial charge in [-0.2, -0.15) is 0 Å². The summed E-state index contributed by atoms with van der Waals surface area (Å²) in [5.74, 6) is 0.607. The van der Waals surface area contributed by atoms with Crippen molar-refractivity contribution in [3.05, 3.63) is 47.9 Å². The summed E-state index contributed by atoms with van der Waals surface area (Å²) in [6.45, 7) is 4.00. The number of aryl methyl sites for hydroxylation is 1. The Balaban J connectivity index is 2.24. The first kappa shape index (κ1) is 13.0. The van der Waals surface area contributed by atoms with Crippen LogP contribution in [0, 0.1) is 6.92 Å². The van der Waals surface area contributed by atoms with Gasteiger partial charge in [-0.1, -0.05) is 0 Å². The second-order valence-electron chi connectivity index (χ2n) is 3.90. The maximum atomic E-state index is 11.7. The molecule has 2 rings (SSSR count). The Morgan fingerprint density at radius 3 is 2.84 bits per heavy atom. The fraction of sp³-hybridized carbons (Fsp3) is 0.214. The quantitative estimate of drug-likeness (QED) is 0.789. The van der Waals surface area contributed by atoms with E-state index in [2.05, 4.69) is 9.97 Å². The molecule has 0 bridgehead atoms. The van der Waals surface area contributed by atoms with Crippen LogP contribution in [0.1, 0.15) is 22.8 Å². The van der Waals surface area contributed by atoms with Gasteiger partial charge in [0, 0.05) is 12.3 Å². The fourth-order valence-corrected chi connectivity index (χ4v) is 1.60. The third-order valence-electron chi connectivity index (χ3n) is 2.34. The Morgan fingerprint density at radius 2 is 2.16 bits per heavy atom. The van der Waals surface area contributed by atoms with Crippen molar-refractivity contribution < 1.29 is 14.3 Å². The molecule has 0 saturated heterocycles. The molecular formula is C14H14N2O3. The molecule has 0 atom stereocenters. The van der Waals surface area contributed by atoms with Gasteiger partial charge >= 0.3 is 5.97 Å². The molecule has 98 valence electrons. The molecule has 1 aromatic carbocycles. The number of carbonyl (C=O) groups excluding carboxylic acids is 1. The smallest absolute Gasteiger partial charge is 0.338 e. The third kappa shape index (κ3) is 3.51. The number of hydrogen-bond donors (Lipinski definition) is 0. The van der Waals surface area contributed by atoms with Crippen LogP contribution in [-0.2, 0) is 4.74 Å². The Morgan fingerprint density at radius 1 is 1.32 bits per heavy atom. The van der Waals surface area contributed by atoms with Crippen molar-refractivity contribution in [3.63, 3.8) is 0 Å². The maximum absolute atomic E-state index is 11.7. The van der Waals surface area contributed by atoms with Crippen LogP contribution in [0.3, 0.4) is 0 Å². The van der Waals surface area contributed by atoms with Crippen molar-refractivity contribution >= 4 is 5.97 Å². The largest absolute Gasteiger partial charge is 0.462 e. The van der Waals surface area contributed by atoms with Crippen molar-refractivity contribution in [2.24, 2.45) is 0 Å². The summed E-state index contributed by atoms with van der Waals surface area (Å²) in [6, 6.07) is 6.86. The zero-order chi connectivity index (χ0) is 13.7. The van der Waals surface area contributed by atoms with Gasteiger partial charge in [-0.3, -0.25) is 0 Å². The highest BCUT2D eigenvalue weighted by Crippen LogP contribution is 2.22. The van der Waals surface area contributed by atoms with Crippen molar-refractivity contribution in [1.29, 1.82) is 0 Å². The van der Waals surface area contributed by atoms with Crippen molar-refractivity contribution in [1.82, 2.24) is 9.97 Å². The average molecular weight is 258 g/mol. The molecule has 0 N–H and O–H groups in total. The monoisotopic (exact) mass is 258 g/mol. The van der Waals surface area contributed by atoms with Gasteiger partial charge in [-0.05, 0) is 37.6 Å². The van der Waals surface area contributed by atoms with Gasteiger partial charge in [0.2, 0.25) is 5.88 Å². The maximum Gasteiger partial charge on any atom is 0.338 e. The number of ether oxygens (including phenoxy) is 2. The minimum atomic E-state index is -0.362. The lowest BCUT2D eigenvalue weighted by molar-refractivity contribution is 0.0526. The van der Waals surface area contributed by atoms with E-state index in [0.29, 0.717) is 23.8 Å². The van der Waals surface area contributed by atoms with Crippen molar-refractivity contribution in [2.75, 3.05) is 6.61 Å². The molecule has 5 heteroatoms. The summed E-state index contributed by atoms with van der Waals surface area (Å²) in [6.07, 6.45) is 2.99. The van der Waals surface area contributed by atoms with E-state index in [1.54, 1.807) is 31.3 Å². The Hall–Kier alpha value is -2.43. The lowest BCUT2D eigenvalue weighted by atomic mass is 10.1. The third-order valence-corrected chi connectivity index (χ3v) is 2.34. The summed E-state index contributed by atoms with van der Waals surface area (Å²) in [5.41, 5.74) is 1.38. The molecule has 0 unspecified atom stereocenters. The Kier molecular flexibility index (Phi) is 4.07. The van der Waals surface area contributed by atoms with Gasteiger partial charge in [0.25, 0.3) is 0 Å². The van der Waals surface area contributed by atoms with Crippen LogP contribution < -0.4 is 4.74 Å². The van der Waals surface area contributed by atoms with Crippen LogP contribution in [0.2, 0.25) is 0 Å². The minimum Gasteiger partial charge on any atom is -0.462 e. The van der Waals surface area contributed by atoms with E-state index in [1.165, 1.54) is 6.33 Å². The van der Waals surface area contributed by atoms with E-state index in [-0.39, 0.29) is 5.97 Å². The first-order chi connectivity index (χ1) is 9.19. The average Bonchev–Trinajstić information content (AvgIpc) is 2.39. The van der Waals surface area contributed by atoms with Gasteiger partial charge in [0.15, 0.2) is 0 Å². The molecule has 0 spiro atoms. The number of benzene rings is 1. The van der Waals surface area contributed by atoms with E-state index in [4.69, 9.17) is 9.47 Å². The topological polar surface area (TPSA) is 61.3 Å². The van der Waals surface area contributed by atoms with Gasteiger partial charge < -0.3 is 9.47 Å². The summed E-state index contributed by atoms with van der Waals surface area (Å²) in [5, 5.41) is 0. The first-order valence-corrected chi connectivity index (χ1v) is 5.91.